The number of hydrogen-bond acceptors (Lipinski definition) is 3. The first-order valence-corrected chi connectivity index (χ1v) is 8.18. The molecule has 2 heterocycles. The van der Waals surface area contributed by atoms with Gasteiger partial charge >= 0.3 is 6.09 Å². The summed E-state index contributed by atoms with van der Waals surface area (Å²) in [4.78, 5) is 19.6. The van der Waals surface area contributed by atoms with Crippen molar-refractivity contribution >= 4 is 17.0 Å². The summed E-state index contributed by atoms with van der Waals surface area (Å²) < 4.78 is 5.44. The molecule has 1 aromatic heterocycles. The third-order valence-electron chi connectivity index (χ3n) is 4.09. The lowest BCUT2D eigenvalue weighted by atomic mass is 10.1. The molecule has 124 valence electrons. The number of aromatic amines is 1. The first kappa shape index (κ1) is 15.9. The number of ether oxygens (including phenoxy) is 1. The van der Waals surface area contributed by atoms with Gasteiger partial charge in [-0.05, 0) is 32.4 Å². The van der Waals surface area contributed by atoms with E-state index in [4.69, 9.17) is 4.74 Å². The minimum Gasteiger partial charge on any atom is -0.444 e. The number of amides is 1. The van der Waals surface area contributed by atoms with E-state index in [0.29, 0.717) is 0 Å². The van der Waals surface area contributed by atoms with Gasteiger partial charge < -0.3 is 14.6 Å². The van der Waals surface area contributed by atoms with Gasteiger partial charge in [0.25, 0.3) is 0 Å². The van der Waals surface area contributed by atoms with Crippen LogP contribution in [0.2, 0.25) is 0 Å². The number of H-pyrrole nitrogens is 1. The van der Waals surface area contributed by atoms with E-state index in [1.807, 2.05) is 26.8 Å². The average Bonchev–Trinajstić information content (AvgIpc) is 2.90. The molecule has 0 unspecified atom stereocenters. The van der Waals surface area contributed by atoms with Crippen molar-refractivity contribution in [2.24, 2.45) is 0 Å². The second-order valence-corrected chi connectivity index (χ2v) is 7.10. The number of piperazine rings is 1. The van der Waals surface area contributed by atoms with E-state index in [1.165, 1.54) is 16.5 Å². The van der Waals surface area contributed by atoms with Crippen LogP contribution in [0.4, 0.5) is 4.79 Å². The summed E-state index contributed by atoms with van der Waals surface area (Å²) in [6, 6.07) is 8.36. The van der Waals surface area contributed by atoms with Crippen molar-refractivity contribution < 1.29 is 9.53 Å². The Kier molecular flexibility index (Phi) is 4.31. The largest absolute Gasteiger partial charge is 0.444 e. The molecule has 5 nitrogen and oxygen atoms in total. The van der Waals surface area contributed by atoms with E-state index < -0.39 is 5.60 Å². The highest BCUT2D eigenvalue weighted by atomic mass is 16.6. The number of carbonyl (C=O) groups excluding carboxylic acids is 1. The van der Waals surface area contributed by atoms with Gasteiger partial charge in [-0.15, -0.1) is 0 Å². The topological polar surface area (TPSA) is 48.6 Å². The Morgan fingerprint density at radius 3 is 2.57 bits per heavy atom. The fourth-order valence-electron chi connectivity index (χ4n) is 2.92. The maximum absolute atomic E-state index is 12.1. The van der Waals surface area contributed by atoms with Gasteiger partial charge in [-0.25, -0.2) is 4.79 Å². The number of hydrogen-bond donors (Lipinski definition) is 1. The number of fused-ring (bicyclic) bond motifs is 1. The average molecular weight is 315 g/mol. The Hall–Kier alpha value is -2.01. The number of para-hydroxylation sites is 1. The van der Waals surface area contributed by atoms with E-state index >= 15 is 0 Å². The van der Waals surface area contributed by atoms with Crippen LogP contribution in [-0.4, -0.2) is 52.7 Å². The maximum Gasteiger partial charge on any atom is 0.410 e. The minimum atomic E-state index is -0.432. The highest BCUT2D eigenvalue weighted by Crippen LogP contribution is 2.20. The first-order valence-electron chi connectivity index (χ1n) is 8.18. The SMILES string of the molecule is CC(C)(C)OC(=O)N1CCN(Cc2c[nH]c3ccccc23)CC1. The van der Waals surface area contributed by atoms with Crippen molar-refractivity contribution in [2.75, 3.05) is 26.2 Å². The molecule has 1 fully saturated rings. The second-order valence-electron chi connectivity index (χ2n) is 7.10. The van der Waals surface area contributed by atoms with Gasteiger partial charge in [0.15, 0.2) is 0 Å². The van der Waals surface area contributed by atoms with Crippen LogP contribution in [0.25, 0.3) is 10.9 Å². The number of nitrogens with zero attached hydrogens (tertiary/aromatic N) is 2. The molecular formula is C18H25N3O2. The van der Waals surface area contributed by atoms with Crippen molar-refractivity contribution in [1.82, 2.24) is 14.8 Å². The van der Waals surface area contributed by atoms with E-state index in [-0.39, 0.29) is 6.09 Å². The summed E-state index contributed by atoms with van der Waals surface area (Å²) in [6.45, 7) is 9.80. The molecule has 1 amide bonds. The van der Waals surface area contributed by atoms with Crippen LogP contribution in [0, 0.1) is 0 Å². The molecule has 0 spiro atoms. The summed E-state index contributed by atoms with van der Waals surface area (Å²) in [5, 5.41) is 1.28. The quantitative estimate of drug-likeness (QED) is 0.925. The second kappa shape index (κ2) is 6.24. The van der Waals surface area contributed by atoms with Crippen molar-refractivity contribution in [3.05, 3.63) is 36.0 Å². The Morgan fingerprint density at radius 1 is 1.17 bits per heavy atom. The van der Waals surface area contributed by atoms with Crippen molar-refractivity contribution in [3.63, 3.8) is 0 Å². The number of aromatic nitrogens is 1. The van der Waals surface area contributed by atoms with E-state index in [1.54, 1.807) is 4.90 Å². The van der Waals surface area contributed by atoms with Gasteiger partial charge in [0.1, 0.15) is 5.60 Å². The van der Waals surface area contributed by atoms with Crippen LogP contribution >= 0.6 is 0 Å². The van der Waals surface area contributed by atoms with Gasteiger partial charge in [-0.3, -0.25) is 4.90 Å². The van der Waals surface area contributed by atoms with Crippen LogP contribution in [0.5, 0.6) is 0 Å². The summed E-state index contributed by atoms with van der Waals surface area (Å²) >= 11 is 0. The lowest BCUT2D eigenvalue weighted by Crippen LogP contribution is -2.49. The van der Waals surface area contributed by atoms with Crippen molar-refractivity contribution in [1.29, 1.82) is 0 Å². The van der Waals surface area contributed by atoms with Crippen molar-refractivity contribution in [2.45, 2.75) is 32.9 Å². The van der Waals surface area contributed by atoms with E-state index in [0.717, 1.165) is 32.7 Å². The Bertz CT molecular complexity index is 679. The van der Waals surface area contributed by atoms with Crippen LogP contribution in [0.3, 0.4) is 0 Å². The van der Waals surface area contributed by atoms with Crippen LogP contribution in [0.1, 0.15) is 26.3 Å². The van der Waals surface area contributed by atoms with Gasteiger partial charge in [0.2, 0.25) is 0 Å². The predicted molar refractivity (Wildman–Crippen MR) is 91.4 cm³/mol. The molecule has 0 bridgehead atoms. The highest BCUT2D eigenvalue weighted by molar-refractivity contribution is 5.82. The lowest BCUT2D eigenvalue weighted by molar-refractivity contribution is 0.0139. The summed E-state index contributed by atoms with van der Waals surface area (Å²) in [7, 11) is 0. The molecule has 1 aliphatic heterocycles. The zero-order chi connectivity index (χ0) is 16.4. The van der Waals surface area contributed by atoms with Gasteiger partial charge in [-0.2, -0.15) is 0 Å². The molecule has 5 heteroatoms. The smallest absolute Gasteiger partial charge is 0.410 e. The minimum absolute atomic E-state index is 0.204. The van der Waals surface area contributed by atoms with E-state index in [9.17, 15) is 4.79 Å². The molecule has 3 rings (SSSR count). The zero-order valence-electron chi connectivity index (χ0n) is 14.1. The molecular weight excluding hydrogens is 290 g/mol. The summed E-state index contributed by atoms with van der Waals surface area (Å²) in [5.74, 6) is 0. The normalized spacial score (nSPS) is 16.7. The molecule has 1 saturated heterocycles. The van der Waals surface area contributed by atoms with Crippen molar-refractivity contribution in [3.8, 4) is 0 Å². The Balaban J connectivity index is 1.56. The van der Waals surface area contributed by atoms with Crippen LogP contribution in [-0.2, 0) is 11.3 Å². The van der Waals surface area contributed by atoms with Crippen LogP contribution in [0.15, 0.2) is 30.5 Å². The lowest BCUT2D eigenvalue weighted by Gasteiger charge is -2.35. The number of carbonyl (C=O) groups is 1. The van der Waals surface area contributed by atoms with E-state index in [2.05, 4.69) is 34.3 Å². The Morgan fingerprint density at radius 2 is 1.87 bits per heavy atom. The third-order valence-corrected chi connectivity index (χ3v) is 4.09. The molecule has 0 atom stereocenters. The van der Waals surface area contributed by atoms with Gasteiger partial charge in [-0.1, -0.05) is 18.2 Å². The summed E-state index contributed by atoms with van der Waals surface area (Å²) in [6.07, 6.45) is 1.88. The maximum atomic E-state index is 12.1. The highest BCUT2D eigenvalue weighted by Gasteiger charge is 2.26. The standard InChI is InChI=1S/C18H25N3O2/c1-18(2,3)23-17(22)21-10-8-20(9-11-21)13-14-12-19-16-7-5-4-6-15(14)16/h4-7,12,19H,8-11,13H2,1-3H3. The molecule has 0 saturated carbocycles. The Labute approximate surface area is 137 Å². The molecule has 1 aliphatic rings. The molecule has 0 aliphatic carbocycles. The molecule has 2 aromatic rings. The third kappa shape index (κ3) is 3.85. The molecule has 1 aromatic carbocycles. The van der Waals surface area contributed by atoms with Crippen LogP contribution < -0.4 is 0 Å². The molecule has 0 radical (unpaired) electrons. The first-order chi connectivity index (χ1) is 10.9. The monoisotopic (exact) mass is 315 g/mol. The molecule has 23 heavy (non-hydrogen) atoms. The summed E-state index contributed by atoms with van der Waals surface area (Å²) in [5.41, 5.74) is 2.05. The molecule has 1 N–H and O–H groups in total. The number of rotatable bonds is 2. The zero-order valence-corrected chi connectivity index (χ0v) is 14.1. The number of nitrogens with one attached hydrogen (secondary N) is 1. The predicted octanol–water partition coefficient (Wildman–Crippen LogP) is 3.22. The fraction of sp³-hybridized carbons (Fsp3) is 0.500. The van der Waals surface area contributed by atoms with Gasteiger partial charge in [0.05, 0.1) is 0 Å². The fourth-order valence-corrected chi connectivity index (χ4v) is 2.92. The van der Waals surface area contributed by atoms with Gasteiger partial charge in [0, 0.05) is 49.8 Å². The number of benzene rings is 1.